The molecule has 1 heterocycles. The fourth-order valence-electron chi connectivity index (χ4n) is 2.78. The van der Waals surface area contributed by atoms with Gasteiger partial charge in [0, 0.05) is 37.7 Å². The molecule has 0 bridgehead atoms. The van der Waals surface area contributed by atoms with Gasteiger partial charge in [0.1, 0.15) is 0 Å². The predicted molar refractivity (Wildman–Crippen MR) is 104 cm³/mol. The summed E-state index contributed by atoms with van der Waals surface area (Å²) >= 11 is 18.4. The number of carbonyl (C=O) groups excluding carboxylic acids is 1. The summed E-state index contributed by atoms with van der Waals surface area (Å²) in [7, 11) is 0. The summed E-state index contributed by atoms with van der Waals surface area (Å²) in [5.74, 6) is 0. The largest absolute Gasteiger partial charge is 0.322 e. The fraction of sp³-hybridized carbons (Fsp3) is 0.278. The molecule has 0 unspecified atom stereocenters. The highest BCUT2D eigenvalue weighted by atomic mass is 35.5. The van der Waals surface area contributed by atoms with Gasteiger partial charge in [-0.25, -0.2) is 4.79 Å². The lowest BCUT2D eigenvalue weighted by Gasteiger charge is -2.35. The molecular weight excluding hydrogens is 381 g/mol. The van der Waals surface area contributed by atoms with Crippen molar-refractivity contribution in [1.82, 2.24) is 9.80 Å². The maximum atomic E-state index is 12.4. The van der Waals surface area contributed by atoms with Gasteiger partial charge in [0.25, 0.3) is 0 Å². The molecule has 1 N–H and O–H groups in total. The molecule has 0 atom stereocenters. The first-order valence-electron chi connectivity index (χ1n) is 8.00. The highest BCUT2D eigenvalue weighted by Crippen LogP contribution is 2.30. The van der Waals surface area contributed by atoms with Crippen molar-refractivity contribution in [3.63, 3.8) is 0 Å². The van der Waals surface area contributed by atoms with Crippen molar-refractivity contribution in [3.05, 3.63) is 63.1 Å². The van der Waals surface area contributed by atoms with Gasteiger partial charge in [-0.2, -0.15) is 0 Å². The van der Waals surface area contributed by atoms with E-state index in [4.69, 9.17) is 34.8 Å². The molecule has 0 spiro atoms. The van der Waals surface area contributed by atoms with Gasteiger partial charge in [-0.05, 0) is 23.8 Å². The number of nitrogens with zero attached hydrogens (tertiary/aromatic N) is 2. The molecule has 4 nitrogen and oxygen atoms in total. The smallest absolute Gasteiger partial charge is 0.322 e. The van der Waals surface area contributed by atoms with E-state index in [-0.39, 0.29) is 6.03 Å². The summed E-state index contributed by atoms with van der Waals surface area (Å²) < 4.78 is 0. The van der Waals surface area contributed by atoms with Gasteiger partial charge in [-0.1, -0.05) is 59.1 Å². The summed E-state index contributed by atoms with van der Waals surface area (Å²) in [4.78, 5) is 16.5. The number of piperazine rings is 1. The van der Waals surface area contributed by atoms with E-state index < -0.39 is 0 Å². The molecule has 2 aromatic carbocycles. The van der Waals surface area contributed by atoms with Crippen LogP contribution in [0.3, 0.4) is 0 Å². The zero-order valence-corrected chi connectivity index (χ0v) is 15.8. The highest BCUT2D eigenvalue weighted by molar-refractivity contribution is 6.39. The van der Waals surface area contributed by atoms with Crippen LogP contribution in [-0.4, -0.2) is 42.0 Å². The second-order valence-corrected chi connectivity index (χ2v) is 7.10. The molecule has 25 heavy (non-hydrogen) atoms. The van der Waals surface area contributed by atoms with Gasteiger partial charge in [0.05, 0.1) is 15.7 Å². The van der Waals surface area contributed by atoms with Crippen molar-refractivity contribution in [2.24, 2.45) is 0 Å². The lowest BCUT2D eigenvalue weighted by Crippen LogP contribution is -2.49. The average Bonchev–Trinajstić information content (AvgIpc) is 2.61. The van der Waals surface area contributed by atoms with Gasteiger partial charge in [0.15, 0.2) is 0 Å². The summed E-state index contributed by atoms with van der Waals surface area (Å²) in [5.41, 5.74) is 1.55. The topological polar surface area (TPSA) is 35.6 Å². The first kappa shape index (κ1) is 18.3. The lowest BCUT2D eigenvalue weighted by molar-refractivity contribution is 0.143. The second-order valence-electron chi connectivity index (χ2n) is 5.88. The maximum Gasteiger partial charge on any atom is 0.322 e. The zero-order valence-electron chi connectivity index (χ0n) is 13.5. The van der Waals surface area contributed by atoms with Gasteiger partial charge in [0.2, 0.25) is 0 Å². The molecule has 2 amide bonds. The molecule has 132 valence electrons. The number of carbonyl (C=O) groups is 1. The second kappa shape index (κ2) is 8.28. The normalized spacial score (nSPS) is 15.2. The van der Waals surface area contributed by atoms with Gasteiger partial charge >= 0.3 is 6.03 Å². The molecule has 0 aliphatic carbocycles. The molecule has 0 aromatic heterocycles. The molecule has 0 radical (unpaired) electrons. The van der Waals surface area contributed by atoms with Crippen LogP contribution in [0.25, 0.3) is 0 Å². The standard InChI is InChI=1S/C18H18Cl3N3O/c19-14-5-2-1-4-13(14)12-23-8-10-24(11-9-23)18(25)22-17-15(20)6-3-7-16(17)21/h1-7H,8-12H2,(H,22,25). The van der Waals surface area contributed by atoms with E-state index in [2.05, 4.69) is 10.2 Å². The number of urea groups is 1. The van der Waals surface area contributed by atoms with Crippen molar-refractivity contribution in [2.75, 3.05) is 31.5 Å². The minimum absolute atomic E-state index is 0.188. The van der Waals surface area contributed by atoms with Crippen molar-refractivity contribution < 1.29 is 4.79 Å². The third-order valence-electron chi connectivity index (χ3n) is 4.21. The number of rotatable bonds is 3. The molecule has 2 aromatic rings. The van der Waals surface area contributed by atoms with Crippen LogP contribution in [0.15, 0.2) is 42.5 Å². The molecule has 1 aliphatic rings. The number of nitrogens with one attached hydrogen (secondary N) is 1. The Morgan fingerprint density at radius 2 is 1.48 bits per heavy atom. The van der Waals surface area contributed by atoms with E-state index in [0.717, 1.165) is 30.2 Å². The van der Waals surface area contributed by atoms with Crippen LogP contribution >= 0.6 is 34.8 Å². The van der Waals surface area contributed by atoms with Crippen LogP contribution in [0.1, 0.15) is 5.56 Å². The van der Waals surface area contributed by atoms with Crippen molar-refractivity contribution in [1.29, 1.82) is 0 Å². The highest BCUT2D eigenvalue weighted by Gasteiger charge is 2.22. The first-order chi connectivity index (χ1) is 12.0. The Bertz CT molecular complexity index is 741. The lowest BCUT2D eigenvalue weighted by atomic mass is 10.2. The number of halogens is 3. The number of para-hydroxylation sites is 1. The Kier molecular flexibility index (Phi) is 6.07. The zero-order chi connectivity index (χ0) is 17.8. The number of anilines is 1. The monoisotopic (exact) mass is 397 g/mol. The van der Waals surface area contributed by atoms with Crippen LogP contribution in [0.4, 0.5) is 10.5 Å². The number of benzene rings is 2. The summed E-state index contributed by atoms with van der Waals surface area (Å²) in [6.07, 6.45) is 0. The van der Waals surface area contributed by atoms with Crippen molar-refractivity contribution in [2.45, 2.75) is 6.54 Å². The first-order valence-corrected chi connectivity index (χ1v) is 9.13. The van der Waals surface area contributed by atoms with E-state index in [1.54, 1.807) is 23.1 Å². The Morgan fingerprint density at radius 3 is 2.12 bits per heavy atom. The molecule has 0 saturated carbocycles. The van der Waals surface area contributed by atoms with Crippen LogP contribution in [0.2, 0.25) is 15.1 Å². The quantitative estimate of drug-likeness (QED) is 0.790. The summed E-state index contributed by atoms with van der Waals surface area (Å²) in [6, 6.07) is 12.8. The average molecular weight is 399 g/mol. The van der Waals surface area contributed by atoms with Crippen LogP contribution in [-0.2, 0) is 6.54 Å². The van der Waals surface area contributed by atoms with Crippen LogP contribution < -0.4 is 5.32 Å². The van der Waals surface area contributed by atoms with Gasteiger partial charge in [-0.3, -0.25) is 4.90 Å². The maximum absolute atomic E-state index is 12.4. The van der Waals surface area contributed by atoms with Crippen molar-refractivity contribution in [3.8, 4) is 0 Å². The predicted octanol–water partition coefficient (Wildman–Crippen LogP) is 5.00. The molecular formula is C18H18Cl3N3O. The summed E-state index contributed by atoms with van der Waals surface area (Å²) in [6.45, 7) is 3.63. The molecule has 7 heteroatoms. The molecule has 1 aliphatic heterocycles. The Hall–Kier alpha value is -1.46. The van der Waals surface area contributed by atoms with E-state index >= 15 is 0 Å². The van der Waals surface area contributed by atoms with Crippen LogP contribution in [0.5, 0.6) is 0 Å². The van der Waals surface area contributed by atoms with E-state index in [9.17, 15) is 4.79 Å². The SMILES string of the molecule is O=C(Nc1c(Cl)cccc1Cl)N1CCN(Cc2ccccc2Cl)CC1. The third kappa shape index (κ3) is 4.59. The van der Waals surface area contributed by atoms with Crippen molar-refractivity contribution >= 4 is 46.5 Å². The number of amides is 2. The number of hydrogen-bond acceptors (Lipinski definition) is 2. The van der Waals surface area contributed by atoms with Gasteiger partial charge < -0.3 is 10.2 Å². The summed E-state index contributed by atoms with van der Waals surface area (Å²) in [5, 5.41) is 4.44. The third-order valence-corrected chi connectivity index (χ3v) is 5.20. The Labute approximate surface area is 162 Å². The fourth-order valence-corrected chi connectivity index (χ4v) is 3.47. The van der Waals surface area contributed by atoms with Gasteiger partial charge in [-0.15, -0.1) is 0 Å². The number of hydrogen-bond donors (Lipinski definition) is 1. The Balaban J connectivity index is 1.55. The van der Waals surface area contributed by atoms with E-state index in [1.807, 2.05) is 24.3 Å². The molecule has 1 saturated heterocycles. The minimum Gasteiger partial charge on any atom is -0.322 e. The molecule has 1 fully saturated rings. The van der Waals surface area contributed by atoms with E-state index in [0.29, 0.717) is 28.8 Å². The Morgan fingerprint density at radius 1 is 0.880 bits per heavy atom. The minimum atomic E-state index is -0.188. The van der Waals surface area contributed by atoms with Crippen LogP contribution in [0, 0.1) is 0 Å². The molecule has 3 rings (SSSR count). The van der Waals surface area contributed by atoms with E-state index in [1.165, 1.54) is 0 Å².